The van der Waals surface area contributed by atoms with Gasteiger partial charge in [0, 0.05) is 30.9 Å². The molecule has 4 rings (SSSR count). The molecule has 1 heterocycles. The van der Waals surface area contributed by atoms with E-state index in [2.05, 4.69) is 5.32 Å². The fourth-order valence-electron chi connectivity index (χ4n) is 3.97. The number of nitrogens with zero attached hydrogens (tertiary/aromatic N) is 2. The summed E-state index contributed by atoms with van der Waals surface area (Å²) in [6.45, 7) is 2.64. The Hall–Kier alpha value is -3.52. The molecule has 0 aliphatic carbocycles. The van der Waals surface area contributed by atoms with E-state index in [1.807, 2.05) is 35.2 Å². The highest BCUT2D eigenvalue weighted by Crippen LogP contribution is 2.37. The molecule has 2 amide bonds. The minimum Gasteiger partial charge on any atom is -0.457 e. The van der Waals surface area contributed by atoms with Crippen molar-refractivity contribution in [2.24, 2.45) is 0 Å². The van der Waals surface area contributed by atoms with Crippen molar-refractivity contribution >= 4 is 11.7 Å². The van der Waals surface area contributed by atoms with Gasteiger partial charge in [-0.15, -0.1) is 0 Å². The number of alkyl halides is 3. The summed E-state index contributed by atoms with van der Waals surface area (Å²) in [4.78, 5) is 16.1. The molecule has 34 heavy (non-hydrogen) atoms. The van der Waals surface area contributed by atoms with Gasteiger partial charge in [-0.25, -0.2) is 4.79 Å². The summed E-state index contributed by atoms with van der Waals surface area (Å²) >= 11 is 0. The molecule has 3 aromatic carbocycles. The number of anilines is 1. The van der Waals surface area contributed by atoms with Crippen molar-refractivity contribution in [2.75, 3.05) is 25.5 Å². The summed E-state index contributed by atoms with van der Waals surface area (Å²) in [5.74, 6) is 1.38. The van der Waals surface area contributed by atoms with E-state index in [0.29, 0.717) is 24.5 Å². The number of nitrogens with one attached hydrogen (secondary N) is 1. The van der Waals surface area contributed by atoms with E-state index in [-0.39, 0.29) is 17.6 Å². The predicted molar refractivity (Wildman–Crippen MR) is 125 cm³/mol. The van der Waals surface area contributed by atoms with E-state index in [1.165, 1.54) is 12.1 Å². The average molecular weight is 470 g/mol. The van der Waals surface area contributed by atoms with Crippen molar-refractivity contribution in [3.8, 4) is 11.5 Å². The van der Waals surface area contributed by atoms with E-state index in [0.717, 1.165) is 11.8 Å². The highest BCUT2D eigenvalue weighted by molar-refractivity contribution is 5.90. The highest BCUT2D eigenvalue weighted by atomic mass is 19.4. The van der Waals surface area contributed by atoms with Gasteiger partial charge in [-0.3, -0.25) is 4.90 Å². The molecule has 1 N–H and O–H groups in total. The number of ether oxygens (including phenoxy) is 1. The predicted octanol–water partition coefficient (Wildman–Crippen LogP) is 6.41. The van der Waals surface area contributed by atoms with Crippen LogP contribution in [-0.2, 0) is 6.18 Å². The van der Waals surface area contributed by atoms with Crippen LogP contribution >= 0.6 is 0 Å². The number of hydrogen-bond acceptors (Lipinski definition) is 3. The molecule has 178 valence electrons. The second kappa shape index (κ2) is 9.77. The summed E-state index contributed by atoms with van der Waals surface area (Å²) in [5, 5.41) is 2.85. The van der Waals surface area contributed by atoms with Crippen LogP contribution in [0.25, 0.3) is 0 Å². The first-order valence-electron chi connectivity index (χ1n) is 11.0. The zero-order valence-corrected chi connectivity index (χ0v) is 18.9. The van der Waals surface area contributed by atoms with Gasteiger partial charge in [0.25, 0.3) is 0 Å². The van der Waals surface area contributed by atoms with E-state index >= 15 is 0 Å². The molecule has 3 aromatic rings. The van der Waals surface area contributed by atoms with Crippen molar-refractivity contribution in [1.29, 1.82) is 0 Å². The topological polar surface area (TPSA) is 44.8 Å². The smallest absolute Gasteiger partial charge is 0.416 e. The van der Waals surface area contributed by atoms with Crippen molar-refractivity contribution in [3.63, 3.8) is 0 Å². The summed E-state index contributed by atoms with van der Waals surface area (Å²) in [6, 6.07) is 21.4. The van der Waals surface area contributed by atoms with Crippen LogP contribution in [0.1, 0.15) is 24.1 Å². The fourth-order valence-corrected chi connectivity index (χ4v) is 3.97. The van der Waals surface area contributed by atoms with Gasteiger partial charge in [-0.1, -0.05) is 36.4 Å². The summed E-state index contributed by atoms with van der Waals surface area (Å²) in [6.07, 6.45) is -4.40. The Morgan fingerprint density at radius 3 is 2.21 bits per heavy atom. The monoisotopic (exact) mass is 469 g/mol. The number of benzene rings is 3. The molecule has 1 aliphatic rings. The number of halogens is 3. The largest absolute Gasteiger partial charge is 0.457 e. The van der Waals surface area contributed by atoms with Crippen LogP contribution in [0.4, 0.5) is 23.7 Å². The number of urea groups is 1. The van der Waals surface area contributed by atoms with Crippen LogP contribution in [0.5, 0.6) is 11.5 Å². The Kier molecular flexibility index (Phi) is 6.79. The molecule has 0 spiro atoms. The number of carbonyl (C=O) groups is 1. The zero-order valence-electron chi connectivity index (χ0n) is 18.9. The van der Waals surface area contributed by atoms with E-state index < -0.39 is 17.8 Å². The van der Waals surface area contributed by atoms with Crippen LogP contribution in [-0.4, -0.2) is 42.0 Å². The second-order valence-electron chi connectivity index (χ2n) is 8.35. The number of rotatable bonds is 6. The Morgan fingerprint density at radius 2 is 1.56 bits per heavy atom. The van der Waals surface area contributed by atoms with E-state index in [1.54, 1.807) is 49.2 Å². The van der Waals surface area contributed by atoms with Gasteiger partial charge < -0.3 is 15.0 Å². The lowest BCUT2D eigenvalue weighted by Crippen LogP contribution is -2.61. The first-order valence-corrected chi connectivity index (χ1v) is 11.0. The van der Waals surface area contributed by atoms with Crippen LogP contribution < -0.4 is 10.1 Å². The lowest BCUT2D eigenvalue weighted by Gasteiger charge is -2.46. The third-order valence-corrected chi connectivity index (χ3v) is 6.14. The summed E-state index contributed by atoms with van der Waals surface area (Å²) in [7, 11) is 1.79. The molecule has 8 heteroatoms. The third-order valence-electron chi connectivity index (χ3n) is 6.14. The number of likely N-dealkylation sites (tertiary alicyclic amines) is 1. The maximum Gasteiger partial charge on any atom is 0.416 e. The molecular weight excluding hydrogens is 443 g/mol. The van der Waals surface area contributed by atoms with Gasteiger partial charge in [0.15, 0.2) is 0 Å². The molecule has 1 saturated heterocycles. The van der Waals surface area contributed by atoms with Crippen LogP contribution in [0.15, 0.2) is 78.9 Å². The van der Waals surface area contributed by atoms with E-state index in [9.17, 15) is 18.0 Å². The number of carbonyl (C=O) groups excluding carboxylic acids is 1. The van der Waals surface area contributed by atoms with Crippen LogP contribution in [0, 0.1) is 0 Å². The minimum absolute atomic E-state index is 0.0244. The number of hydrogen-bond donors (Lipinski definition) is 1. The Morgan fingerprint density at radius 1 is 0.971 bits per heavy atom. The molecule has 0 aromatic heterocycles. The van der Waals surface area contributed by atoms with Crippen molar-refractivity contribution in [1.82, 2.24) is 9.80 Å². The SMILES string of the molecule is CC(c1ccccc1C(F)(F)F)N(C)C1CN(C(=O)Nc2ccc(Oc3ccccc3)cc2)C1. The molecule has 0 radical (unpaired) electrons. The van der Waals surface area contributed by atoms with Gasteiger partial charge in [-0.2, -0.15) is 13.2 Å². The average Bonchev–Trinajstić information content (AvgIpc) is 2.79. The van der Waals surface area contributed by atoms with Crippen molar-refractivity contribution < 1.29 is 22.7 Å². The Labute approximate surface area is 196 Å². The quantitative estimate of drug-likeness (QED) is 0.454. The van der Waals surface area contributed by atoms with Gasteiger partial charge in [-0.05, 0) is 62.0 Å². The van der Waals surface area contributed by atoms with E-state index in [4.69, 9.17) is 4.74 Å². The molecule has 1 unspecified atom stereocenters. The molecular formula is C26H26F3N3O2. The summed E-state index contributed by atoms with van der Waals surface area (Å²) in [5.41, 5.74) is 0.246. The molecule has 0 bridgehead atoms. The minimum atomic E-state index is -4.40. The number of amides is 2. The highest BCUT2D eigenvalue weighted by Gasteiger charge is 2.39. The lowest BCUT2D eigenvalue weighted by molar-refractivity contribution is -0.138. The Bertz CT molecular complexity index is 1110. The zero-order chi connectivity index (χ0) is 24.3. The maximum atomic E-state index is 13.4. The van der Waals surface area contributed by atoms with Gasteiger partial charge in [0.05, 0.1) is 5.56 Å². The second-order valence-corrected chi connectivity index (χ2v) is 8.35. The maximum absolute atomic E-state index is 13.4. The lowest BCUT2D eigenvalue weighted by atomic mass is 9.97. The van der Waals surface area contributed by atoms with Gasteiger partial charge >= 0.3 is 12.2 Å². The molecule has 1 atom stereocenters. The van der Waals surface area contributed by atoms with Crippen molar-refractivity contribution in [3.05, 3.63) is 90.0 Å². The summed E-state index contributed by atoms with van der Waals surface area (Å²) < 4.78 is 45.9. The molecule has 5 nitrogen and oxygen atoms in total. The van der Waals surface area contributed by atoms with Crippen LogP contribution in [0.2, 0.25) is 0 Å². The number of para-hydroxylation sites is 1. The molecule has 1 aliphatic heterocycles. The fraction of sp³-hybridized carbons (Fsp3) is 0.269. The molecule has 0 saturated carbocycles. The first kappa shape index (κ1) is 23.6. The van der Waals surface area contributed by atoms with Gasteiger partial charge in [0.2, 0.25) is 0 Å². The molecule has 1 fully saturated rings. The Balaban J connectivity index is 1.30. The normalized spacial score (nSPS) is 15.1. The number of likely N-dealkylation sites (N-methyl/N-ethyl adjacent to an activating group) is 1. The third kappa shape index (κ3) is 5.34. The van der Waals surface area contributed by atoms with Crippen LogP contribution in [0.3, 0.4) is 0 Å². The standard InChI is InChI=1S/C26H26F3N3O2/c1-18(23-10-6-7-11-24(23)26(27,28)29)31(2)20-16-32(17-20)25(33)30-19-12-14-22(15-13-19)34-21-8-4-3-5-9-21/h3-15,18,20H,16-17H2,1-2H3,(H,30,33). The van der Waals surface area contributed by atoms with Gasteiger partial charge in [0.1, 0.15) is 11.5 Å². The first-order chi connectivity index (χ1) is 16.2. The van der Waals surface area contributed by atoms with Crippen molar-refractivity contribution in [2.45, 2.75) is 25.2 Å².